The molecule has 0 radical (unpaired) electrons. The van der Waals surface area contributed by atoms with Gasteiger partial charge in [-0.3, -0.25) is 9.59 Å². The molecule has 0 aliphatic heterocycles. The van der Waals surface area contributed by atoms with E-state index in [1.54, 1.807) is 0 Å². The minimum absolute atomic E-state index is 0.00661. The van der Waals surface area contributed by atoms with Crippen LogP contribution in [0.15, 0.2) is 122 Å². The number of amides is 2. The first-order valence-corrected chi connectivity index (χ1v) is 21.5. The lowest BCUT2D eigenvalue weighted by atomic mass is 10.1. The summed E-state index contributed by atoms with van der Waals surface area (Å²) in [7, 11) is 0. The van der Waals surface area contributed by atoms with Gasteiger partial charge in [-0.25, -0.2) is 4.79 Å². The van der Waals surface area contributed by atoms with Gasteiger partial charge in [-0.05, 0) is 109 Å². The SMILES string of the molecule is CCC=CCC=CCC=CCC=CCC=CCCCC(=O)NCCCC[C@H](NC(=O)CCCC=CCC=CCC=CCC=CCC=CCC)C(=O)OC(CO)CO. The molecule has 0 aliphatic carbocycles. The van der Waals surface area contributed by atoms with Gasteiger partial charge in [0.2, 0.25) is 11.8 Å². The van der Waals surface area contributed by atoms with Gasteiger partial charge in [-0.2, -0.15) is 0 Å². The van der Waals surface area contributed by atoms with Crippen LogP contribution in [0.25, 0.3) is 0 Å². The maximum absolute atomic E-state index is 12.8. The van der Waals surface area contributed by atoms with Gasteiger partial charge in [0.15, 0.2) is 0 Å². The zero-order valence-corrected chi connectivity index (χ0v) is 35.3. The Morgan fingerprint density at radius 3 is 1.25 bits per heavy atom. The van der Waals surface area contributed by atoms with E-state index < -0.39 is 31.3 Å². The number of allylic oxidation sites excluding steroid dienone is 20. The Kier molecular flexibility index (Phi) is 39.7. The molecule has 0 fully saturated rings. The molecule has 0 aromatic rings. The van der Waals surface area contributed by atoms with Crippen LogP contribution in [0.1, 0.15) is 136 Å². The van der Waals surface area contributed by atoms with Gasteiger partial charge in [0, 0.05) is 19.4 Å². The third kappa shape index (κ3) is 38.4. The molecule has 8 heteroatoms. The van der Waals surface area contributed by atoms with Crippen LogP contribution >= 0.6 is 0 Å². The summed E-state index contributed by atoms with van der Waals surface area (Å²) in [5, 5.41) is 24.4. The number of aliphatic hydroxyl groups excluding tert-OH is 2. The van der Waals surface area contributed by atoms with Crippen LogP contribution in [0.3, 0.4) is 0 Å². The summed E-state index contributed by atoms with van der Waals surface area (Å²) in [4.78, 5) is 37.7. The number of hydrogen-bond acceptors (Lipinski definition) is 6. The highest BCUT2D eigenvalue weighted by molar-refractivity contribution is 5.84. The van der Waals surface area contributed by atoms with Crippen molar-refractivity contribution in [2.24, 2.45) is 0 Å². The van der Waals surface area contributed by atoms with Crippen molar-refractivity contribution in [2.75, 3.05) is 19.8 Å². The number of carbonyl (C=O) groups excluding carboxylic acids is 3. The molecule has 0 spiro atoms. The average molecular weight is 789 g/mol. The number of esters is 1. The van der Waals surface area contributed by atoms with Crippen LogP contribution in [-0.4, -0.2) is 59.9 Å². The number of aliphatic hydroxyl groups is 2. The normalized spacial score (nSPS) is 13.4. The van der Waals surface area contributed by atoms with Gasteiger partial charge in [0.1, 0.15) is 12.1 Å². The summed E-state index contributed by atoms with van der Waals surface area (Å²) >= 11 is 0. The Bertz CT molecular complexity index is 1300. The summed E-state index contributed by atoms with van der Waals surface area (Å²) in [6.45, 7) is 3.73. The monoisotopic (exact) mass is 789 g/mol. The van der Waals surface area contributed by atoms with E-state index in [1.165, 1.54) is 0 Å². The first kappa shape index (κ1) is 52.7. The number of carbonyl (C=O) groups is 3. The van der Waals surface area contributed by atoms with Gasteiger partial charge in [-0.1, -0.05) is 135 Å². The molecule has 4 N–H and O–H groups in total. The molecule has 0 saturated heterocycles. The van der Waals surface area contributed by atoms with Gasteiger partial charge in [0.05, 0.1) is 13.2 Å². The van der Waals surface area contributed by atoms with Crippen LogP contribution in [0.5, 0.6) is 0 Å². The Morgan fingerprint density at radius 2 is 0.860 bits per heavy atom. The van der Waals surface area contributed by atoms with Crippen molar-refractivity contribution in [1.29, 1.82) is 0 Å². The molecule has 0 aromatic heterocycles. The van der Waals surface area contributed by atoms with Gasteiger partial charge >= 0.3 is 5.97 Å². The lowest BCUT2D eigenvalue weighted by Crippen LogP contribution is -2.44. The molecule has 57 heavy (non-hydrogen) atoms. The fraction of sp³-hybridized carbons (Fsp3) is 0.531. The molecule has 1 atom stereocenters. The Labute approximate surface area is 346 Å². The van der Waals surface area contributed by atoms with Crippen molar-refractivity contribution >= 4 is 17.8 Å². The molecule has 318 valence electrons. The molecule has 0 rings (SSSR count). The highest BCUT2D eigenvalue weighted by atomic mass is 16.6. The molecule has 0 saturated carbocycles. The Morgan fingerprint density at radius 1 is 0.491 bits per heavy atom. The molecular formula is C49H76N2O6. The predicted octanol–water partition coefficient (Wildman–Crippen LogP) is 10.5. The Hall–Kier alpha value is -4.27. The van der Waals surface area contributed by atoms with E-state index in [1.807, 2.05) is 0 Å². The number of unbranched alkanes of at least 4 members (excludes halogenated alkanes) is 3. The molecule has 0 bridgehead atoms. The van der Waals surface area contributed by atoms with E-state index in [0.29, 0.717) is 38.6 Å². The van der Waals surface area contributed by atoms with Crippen LogP contribution in [0.4, 0.5) is 0 Å². The minimum atomic E-state index is -1.04. The van der Waals surface area contributed by atoms with Crippen molar-refractivity contribution < 1.29 is 29.3 Å². The lowest BCUT2D eigenvalue weighted by molar-refractivity contribution is -0.157. The number of nitrogens with one attached hydrogen (secondary N) is 2. The molecule has 8 nitrogen and oxygen atoms in total. The van der Waals surface area contributed by atoms with Crippen molar-refractivity contribution in [3.63, 3.8) is 0 Å². The topological polar surface area (TPSA) is 125 Å². The third-order valence-electron chi connectivity index (χ3n) is 8.42. The average Bonchev–Trinajstić information content (AvgIpc) is 3.21. The van der Waals surface area contributed by atoms with Crippen molar-refractivity contribution in [3.8, 4) is 0 Å². The van der Waals surface area contributed by atoms with Crippen molar-refractivity contribution in [3.05, 3.63) is 122 Å². The number of ether oxygens (including phenoxy) is 1. The standard InChI is InChI=1S/C49H76N2O6/c1-3-5-7-9-11-13-15-17-19-21-23-25-27-29-31-33-35-40-47(54)50-42-38-37-39-46(49(56)57-45(43-52)44-53)51-48(55)41-36-34-32-30-28-26-24-22-20-18-16-14-12-10-8-6-4-2/h5-8,11-14,17-20,23-26,29-32,45-46,52-53H,3-4,9-10,15-16,21-22,27-28,33-44H2,1-2H3,(H,50,54)(H,51,55)/t46-/m0/s1. The fourth-order valence-electron chi connectivity index (χ4n) is 5.18. The molecule has 2 amide bonds. The maximum atomic E-state index is 12.8. The summed E-state index contributed by atoms with van der Waals surface area (Å²) in [5.41, 5.74) is 0. The summed E-state index contributed by atoms with van der Waals surface area (Å²) in [6.07, 6.45) is 56.9. The third-order valence-corrected chi connectivity index (χ3v) is 8.42. The highest BCUT2D eigenvalue weighted by Gasteiger charge is 2.24. The zero-order valence-electron chi connectivity index (χ0n) is 35.3. The second-order valence-electron chi connectivity index (χ2n) is 13.6. The quantitative estimate of drug-likeness (QED) is 0.0285. The molecule has 0 aliphatic rings. The van der Waals surface area contributed by atoms with Gasteiger partial charge in [0.25, 0.3) is 0 Å². The molecular weight excluding hydrogens is 713 g/mol. The number of rotatable bonds is 36. The zero-order chi connectivity index (χ0) is 41.7. The van der Waals surface area contributed by atoms with Crippen LogP contribution in [0.2, 0.25) is 0 Å². The van der Waals surface area contributed by atoms with E-state index in [2.05, 4.69) is 146 Å². The fourth-order valence-corrected chi connectivity index (χ4v) is 5.18. The van der Waals surface area contributed by atoms with Crippen molar-refractivity contribution in [1.82, 2.24) is 10.6 Å². The minimum Gasteiger partial charge on any atom is -0.456 e. The molecule has 0 heterocycles. The van der Waals surface area contributed by atoms with E-state index in [0.717, 1.165) is 83.5 Å². The summed E-state index contributed by atoms with van der Waals surface area (Å²) in [6, 6.07) is -0.897. The molecule has 0 unspecified atom stereocenters. The van der Waals surface area contributed by atoms with Gasteiger partial charge < -0.3 is 25.6 Å². The first-order valence-electron chi connectivity index (χ1n) is 21.5. The highest BCUT2D eigenvalue weighted by Crippen LogP contribution is 2.08. The van der Waals surface area contributed by atoms with E-state index >= 15 is 0 Å². The van der Waals surface area contributed by atoms with Gasteiger partial charge in [-0.15, -0.1) is 0 Å². The van der Waals surface area contributed by atoms with Crippen LogP contribution in [0, 0.1) is 0 Å². The second kappa shape index (κ2) is 42.9. The Balaban J connectivity index is 4.29. The first-order chi connectivity index (χ1) is 28.0. The summed E-state index contributed by atoms with van der Waals surface area (Å²) < 4.78 is 5.20. The molecule has 0 aromatic carbocycles. The predicted molar refractivity (Wildman–Crippen MR) is 239 cm³/mol. The lowest BCUT2D eigenvalue weighted by Gasteiger charge is -2.20. The maximum Gasteiger partial charge on any atom is 0.329 e. The van der Waals surface area contributed by atoms with Crippen LogP contribution in [-0.2, 0) is 19.1 Å². The van der Waals surface area contributed by atoms with Crippen LogP contribution < -0.4 is 10.6 Å². The summed E-state index contributed by atoms with van der Waals surface area (Å²) in [5.74, 6) is -0.948. The number of hydrogen-bond donors (Lipinski definition) is 4. The largest absolute Gasteiger partial charge is 0.456 e. The van der Waals surface area contributed by atoms with E-state index in [9.17, 15) is 24.6 Å². The second-order valence-corrected chi connectivity index (χ2v) is 13.6. The van der Waals surface area contributed by atoms with Crippen molar-refractivity contribution in [2.45, 2.75) is 148 Å². The van der Waals surface area contributed by atoms with E-state index in [4.69, 9.17) is 4.74 Å². The smallest absolute Gasteiger partial charge is 0.329 e. The van der Waals surface area contributed by atoms with E-state index in [-0.39, 0.29) is 18.2 Å².